The minimum atomic E-state index is -0.109. The minimum Gasteiger partial charge on any atom is -0.266 e. The molecule has 0 atom stereocenters. The van der Waals surface area contributed by atoms with E-state index in [1.54, 1.807) is 0 Å². The Morgan fingerprint density at radius 2 is 1.83 bits per heavy atom. The Hall–Kier alpha value is -2.79. The van der Waals surface area contributed by atoms with Gasteiger partial charge < -0.3 is 0 Å². The molecule has 0 saturated heterocycles. The van der Waals surface area contributed by atoms with Gasteiger partial charge in [-0.15, -0.1) is 5.10 Å². The van der Waals surface area contributed by atoms with E-state index < -0.39 is 0 Å². The number of aromatic nitrogens is 3. The Morgan fingerprint density at radius 3 is 2.54 bits per heavy atom. The second-order valence-corrected chi connectivity index (χ2v) is 6.72. The molecule has 24 heavy (non-hydrogen) atoms. The largest absolute Gasteiger partial charge is 0.291 e. The fourth-order valence-electron chi connectivity index (χ4n) is 2.54. The van der Waals surface area contributed by atoms with Crippen LogP contribution in [0.15, 0.2) is 59.4 Å². The zero-order valence-corrected chi connectivity index (χ0v) is 14.0. The van der Waals surface area contributed by atoms with E-state index >= 15 is 0 Å². The highest BCUT2D eigenvalue weighted by atomic mass is 32.1. The fourth-order valence-corrected chi connectivity index (χ4v) is 3.47. The number of rotatable bonds is 3. The van der Waals surface area contributed by atoms with E-state index in [2.05, 4.69) is 10.1 Å². The summed E-state index contributed by atoms with van der Waals surface area (Å²) in [5.41, 5.74) is 3.23. The molecule has 0 fully saturated rings. The number of hydrogen-bond acceptors (Lipinski definition) is 4. The lowest BCUT2D eigenvalue weighted by molar-refractivity contribution is 0.879. The summed E-state index contributed by atoms with van der Waals surface area (Å²) in [6, 6.07) is 18.1. The van der Waals surface area contributed by atoms with E-state index in [1.165, 1.54) is 21.4 Å². The van der Waals surface area contributed by atoms with Crippen LogP contribution in [0.3, 0.4) is 0 Å². The molecule has 0 aliphatic heterocycles. The number of benzene rings is 2. The topological polar surface area (TPSA) is 47.3 Å². The molecule has 2 heterocycles. The molecular weight excluding hydrogens is 318 g/mol. The summed E-state index contributed by atoms with van der Waals surface area (Å²) >= 11 is 1.38. The normalized spacial score (nSPS) is 12.1. The van der Waals surface area contributed by atoms with Gasteiger partial charge in [-0.25, -0.2) is 4.98 Å². The average molecular weight is 333 g/mol. The van der Waals surface area contributed by atoms with Crippen LogP contribution in [0, 0.1) is 6.92 Å². The fraction of sp³-hybridized carbons (Fsp3) is 0.105. The van der Waals surface area contributed by atoms with Crippen molar-refractivity contribution in [2.24, 2.45) is 0 Å². The van der Waals surface area contributed by atoms with E-state index in [9.17, 15) is 4.79 Å². The third-order valence-electron chi connectivity index (χ3n) is 3.81. The highest BCUT2D eigenvalue weighted by molar-refractivity contribution is 7.15. The van der Waals surface area contributed by atoms with Crippen molar-refractivity contribution in [2.75, 3.05) is 0 Å². The third kappa shape index (κ3) is 2.86. The first-order chi connectivity index (χ1) is 11.7. The van der Waals surface area contributed by atoms with Gasteiger partial charge in [-0.05, 0) is 24.1 Å². The molecule has 4 aromatic rings. The van der Waals surface area contributed by atoms with Gasteiger partial charge in [0.2, 0.25) is 4.96 Å². The molecule has 0 spiro atoms. The molecule has 0 unspecified atom stereocenters. The summed E-state index contributed by atoms with van der Waals surface area (Å²) in [5, 5.41) is 4.37. The van der Waals surface area contributed by atoms with Crippen molar-refractivity contribution >= 4 is 22.4 Å². The Labute approximate surface area is 142 Å². The zero-order chi connectivity index (χ0) is 16.5. The van der Waals surface area contributed by atoms with Crippen LogP contribution in [-0.2, 0) is 6.42 Å². The number of fused-ring (bicyclic) bond motifs is 1. The molecule has 4 nitrogen and oxygen atoms in total. The van der Waals surface area contributed by atoms with Gasteiger partial charge in [-0.2, -0.15) is 4.52 Å². The summed E-state index contributed by atoms with van der Waals surface area (Å²) in [6.07, 6.45) is 2.52. The van der Waals surface area contributed by atoms with Gasteiger partial charge in [0.05, 0.1) is 4.53 Å². The zero-order valence-electron chi connectivity index (χ0n) is 13.1. The molecule has 5 heteroatoms. The molecule has 2 aromatic heterocycles. The quantitative estimate of drug-likeness (QED) is 0.579. The highest BCUT2D eigenvalue weighted by Gasteiger charge is 2.10. The summed E-state index contributed by atoms with van der Waals surface area (Å²) in [4.78, 5) is 17.6. The first-order valence-corrected chi connectivity index (χ1v) is 8.51. The second kappa shape index (κ2) is 6.02. The summed E-state index contributed by atoms with van der Waals surface area (Å²) in [5.74, 6) is 0.673. The molecule has 0 radical (unpaired) electrons. The van der Waals surface area contributed by atoms with Crippen molar-refractivity contribution in [1.29, 1.82) is 0 Å². The van der Waals surface area contributed by atoms with Crippen molar-refractivity contribution in [2.45, 2.75) is 13.3 Å². The van der Waals surface area contributed by atoms with Gasteiger partial charge >= 0.3 is 0 Å². The number of nitrogens with zero attached hydrogens (tertiary/aromatic N) is 3. The van der Waals surface area contributed by atoms with Crippen molar-refractivity contribution in [3.8, 4) is 0 Å². The lowest BCUT2D eigenvalue weighted by atomic mass is 10.1. The van der Waals surface area contributed by atoms with E-state index in [-0.39, 0.29) is 5.56 Å². The molecule has 118 valence electrons. The maximum absolute atomic E-state index is 12.5. The van der Waals surface area contributed by atoms with Gasteiger partial charge in [-0.3, -0.25) is 4.79 Å². The molecule has 0 aliphatic rings. The molecule has 0 bridgehead atoms. The predicted octanol–water partition coefficient (Wildman–Crippen LogP) is 2.60. The van der Waals surface area contributed by atoms with Gasteiger partial charge in [-0.1, -0.05) is 71.5 Å². The van der Waals surface area contributed by atoms with E-state index in [1.807, 2.05) is 67.6 Å². The Balaban J connectivity index is 1.71. The SMILES string of the molecule is Cc1ccc(/C=c2\sc3nc(Cc4ccccc4)nn3c2=O)cc1. The molecule has 0 amide bonds. The molecule has 0 saturated carbocycles. The molecule has 0 aliphatic carbocycles. The van der Waals surface area contributed by atoms with Crippen molar-refractivity contribution < 1.29 is 0 Å². The van der Waals surface area contributed by atoms with E-state index in [0.717, 1.165) is 11.1 Å². The maximum Gasteiger partial charge on any atom is 0.291 e. The second-order valence-electron chi connectivity index (χ2n) is 5.71. The summed E-state index contributed by atoms with van der Waals surface area (Å²) in [6.45, 7) is 2.04. The molecule has 2 aromatic carbocycles. The predicted molar refractivity (Wildman–Crippen MR) is 96.3 cm³/mol. The molecule has 4 rings (SSSR count). The van der Waals surface area contributed by atoms with Crippen LogP contribution in [0.4, 0.5) is 0 Å². The van der Waals surface area contributed by atoms with Crippen molar-refractivity contribution in [3.05, 3.63) is 92.0 Å². The summed E-state index contributed by atoms with van der Waals surface area (Å²) in [7, 11) is 0. The van der Waals surface area contributed by atoms with Crippen LogP contribution in [-0.4, -0.2) is 14.6 Å². The van der Waals surface area contributed by atoms with Crippen LogP contribution >= 0.6 is 11.3 Å². The Bertz CT molecular complexity index is 1100. The third-order valence-corrected chi connectivity index (χ3v) is 4.77. The number of thiazole rings is 1. The lowest BCUT2D eigenvalue weighted by Crippen LogP contribution is -2.23. The van der Waals surface area contributed by atoms with Gasteiger partial charge in [0.15, 0.2) is 5.82 Å². The number of hydrogen-bond donors (Lipinski definition) is 0. The number of aryl methyl sites for hydroxylation is 1. The van der Waals surface area contributed by atoms with Crippen molar-refractivity contribution in [3.63, 3.8) is 0 Å². The monoisotopic (exact) mass is 333 g/mol. The van der Waals surface area contributed by atoms with Crippen LogP contribution in [0.1, 0.15) is 22.5 Å². The van der Waals surface area contributed by atoms with Crippen LogP contribution in [0.2, 0.25) is 0 Å². The molecule has 0 N–H and O–H groups in total. The van der Waals surface area contributed by atoms with E-state index in [4.69, 9.17) is 0 Å². The summed E-state index contributed by atoms with van der Waals surface area (Å²) < 4.78 is 2.06. The lowest BCUT2D eigenvalue weighted by Gasteiger charge is -1.94. The van der Waals surface area contributed by atoms with Gasteiger partial charge in [0.25, 0.3) is 5.56 Å². The Kier molecular flexibility index (Phi) is 3.70. The standard InChI is InChI=1S/C19H15N3OS/c1-13-7-9-15(10-8-13)11-16-18(23)22-19(24-16)20-17(21-22)12-14-5-3-2-4-6-14/h2-11H,12H2,1H3/b16-11-. The van der Waals surface area contributed by atoms with Crippen LogP contribution in [0.25, 0.3) is 11.0 Å². The smallest absolute Gasteiger partial charge is 0.266 e. The van der Waals surface area contributed by atoms with Crippen LogP contribution in [0.5, 0.6) is 0 Å². The highest BCUT2D eigenvalue weighted by Crippen LogP contribution is 2.09. The minimum absolute atomic E-state index is 0.109. The first-order valence-electron chi connectivity index (χ1n) is 7.70. The Morgan fingerprint density at radius 1 is 1.08 bits per heavy atom. The maximum atomic E-state index is 12.5. The van der Waals surface area contributed by atoms with Crippen molar-refractivity contribution in [1.82, 2.24) is 14.6 Å². The van der Waals surface area contributed by atoms with E-state index in [0.29, 0.717) is 21.7 Å². The average Bonchev–Trinajstić information content (AvgIpc) is 3.10. The molecular formula is C19H15N3OS. The van der Waals surface area contributed by atoms with Gasteiger partial charge in [0, 0.05) is 6.42 Å². The first kappa shape index (κ1) is 14.8. The van der Waals surface area contributed by atoms with Crippen LogP contribution < -0.4 is 10.1 Å². The van der Waals surface area contributed by atoms with Gasteiger partial charge in [0.1, 0.15) is 0 Å².